The highest BCUT2D eigenvalue weighted by molar-refractivity contribution is 5.23. The molecule has 2 aliphatic heterocycles. The Morgan fingerprint density at radius 3 is 2.43 bits per heavy atom. The fourth-order valence-corrected chi connectivity index (χ4v) is 3.16. The molecule has 0 radical (unpaired) electrons. The molecule has 13 heteroatoms. The van der Waals surface area contributed by atoms with Crippen molar-refractivity contribution in [3.05, 3.63) is 22.7 Å². The number of nitrogens with zero attached hydrogens (tertiary/aromatic N) is 2. The molecule has 0 spiro atoms. The molecular weight excluding hydrogens is 380 g/mol. The van der Waals surface area contributed by atoms with Gasteiger partial charge in [0.2, 0.25) is 0 Å². The SMILES string of the molecule is Nc1ccn([C@@H]2O[C@H](CO[C@@H]3O[C@H](CO)[C@@H](O)[C@H](O)[C@H]3N)[C@@H](O)[C@H]2O)c(=O)n1. The van der Waals surface area contributed by atoms with Gasteiger partial charge in [-0.3, -0.25) is 4.57 Å². The van der Waals surface area contributed by atoms with E-state index in [1.807, 2.05) is 0 Å². The lowest BCUT2D eigenvalue weighted by atomic mass is 9.98. The Labute approximate surface area is 158 Å². The first kappa shape index (κ1) is 21.0. The number of ether oxygens (including phenoxy) is 3. The van der Waals surface area contributed by atoms with E-state index >= 15 is 0 Å². The summed E-state index contributed by atoms with van der Waals surface area (Å²) >= 11 is 0. The molecule has 9 atom stereocenters. The minimum atomic E-state index is -1.45. The molecule has 28 heavy (non-hydrogen) atoms. The molecule has 0 aromatic carbocycles. The zero-order valence-electron chi connectivity index (χ0n) is 14.7. The molecule has 2 fully saturated rings. The van der Waals surface area contributed by atoms with Crippen LogP contribution in [0.4, 0.5) is 5.82 Å². The summed E-state index contributed by atoms with van der Waals surface area (Å²) in [6.45, 7) is -0.883. The maximum absolute atomic E-state index is 11.9. The van der Waals surface area contributed by atoms with Gasteiger partial charge in [-0.25, -0.2) is 4.79 Å². The van der Waals surface area contributed by atoms with Crippen molar-refractivity contribution in [3.8, 4) is 0 Å². The van der Waals surface area contributed by atoms with Crippen LogP contribution in [0.25, 0.3) is 0 Å². The highest BCUT2D eigenvalue weighted by Gasteiger charge is 2.47. The summed E-state index contributed by atoms with van der Waals surface area (Å²) in [6.07, 6.45) is -8.95. The average Bonchev–Trinajstić information content (AvgIpc) is 2.94. The molecule has 0 unspecified atom stereocenters. The van der Waals surface area contributed by atoms with E-state index in [0.717, 1.165) is 4.57 Å². The molecule has 9 N–H and O–H groups in total. The van der Waals surface area contributed by atoms with Crippen LogP contribution in [0.2, 0.25) is 0 Å². The third kappa shape index (κ3) is 3.89. The minimum Gasteiger partial charge on any atom is -0.394 e. The fraction of sp³-hybridized carbons (Fsp3) is 0.733. The summed E-state index contributed by atoms with van der Waals surface area (Å²) in [6, 6.07) is 0.214. The summed E-state index contributed by atoms with van der Waals surface area (Å²) < 4.78 is 17.2. The third-order valence-electron chi connectivity index (χ3n) is 4.82. The molecule has 1 aromatic heterocycles. The molecule has 0 aliphatic carbocycles. The van der Waals surface area contributed by atoms with Crippen molar-refractivity contribution < 1.29 is 39.7 Å². The molecule has 3 rings (SSSR count). The van der Waals surface area contributed by atoms with E-state index in [4.69, 9.17) is 25.7 Å². The monoisotopic (exact) mass is 404 g/mol. The number of rotatable bonds is 5. The Kier molecular flexibility index (Phi) is 6.28. The predicted octanol–water partition coefficient (Wildman–Crippen LogP) is -4.77. The lowest BCUT2D eigenvalue weighted by Crippen LogP contribution is -2.62. The van der Waals surface area contributed by atoms with E-state index < -0.39 is 67.5 Å². The highest BCUT2D eigenvalue weighted by Crippen LogP contribution is 2.29. The second kappa shape index (κ2) is 8.36. The Balaban J connectivity index is 1.66. The molecule has 0 saturated carbocycles. The fourth-order valence-electron chi connectivity index (χ4n) is 3.16. The lowest BCUT2D eigenvalue weighted by Gasteiger charge is -2.40. The Morgan fingerprint density at radius 1 is 1.11 bits per heavy atom. The van der Waals surface area contributed by atoms with Gasteiger partial charge in [-0.1, -0.05) is 0 Å². The Bertz CT molecular complexity index is 732. The van der Waals surface area contributed by atoms with Crippen molar-refractivity contribution in [2.75, 3.05) is 18.9 Å². The van der Waals surface area contributed by atoms with Crippen molar-refractivity contribution >= 4 is 5.82 Å². The molecular formula is C15H24N4O9. The number of nitrogens with two attached hydrogens (primary N) is 2. The van der Waals surface area contributed by atoms with E-state index in [2.05, 4.69) is 4.98 Å². The number of hydrogen-bond acceptors (Lipinski definition) is 12. The summed E-state index contributed by atoms with van der Waals surface area (Å²) in [7, 11) is 0. The van der Waals surface area contributed by atoms with Gasteiger partial charge in [-0.05, 0) is 6.07 Å². The molecule has 0 bridgehead atoms. The maximum atomic E-state index is 11.9. The van der Waals surface area contributed by atoms with Crippen molar-refractivity contribution in [1.29, 1.82) is 0 Å². The van der Waals surface area contributed by atoms with Crippen LogP contribution in [0.1, 0.15) is 6.23 Å². The Morgan fingerprint density at radius 2 is 1.79 bits per heavy atom. The maximum Gasteiger partial charge on any atom is 0.351 e. The smallest absolute Gasteiger partial charge is 0.351 e. The van der Waals surface area contributed by atoms with Gasteiger partial charge in [0.05, 0.1) is 19.3 Å². The van der Waals surface area contributed by atoms with Crippen molar-refractivity contribution in [2.45, 2.75) is 55.2 Å². The first-order valence-corrected chi connectivity index (χ1v) is 8.60. The van der Waals surface area contributed by atoms with Crippen LogP contribution in [0.3, 0.4) is 0 Å². The lowest BCUT2D eigenvalue weighted by molar-refractivity contribution is -0.272. The largest absolute Gasteiger partial charge is 0.394 e. The van der Waals surface area contributed by atoms with Gasteiger partial charge in [0.1, 0.15) is 42.4 Å². The van der Waals surface area contributed by atoms with E-state index in [-0.39, 0.29) is 12.4 Å². The molecule has 158 valence electrons. The summed E-state index contributed by atoms with van der Waals surface area (Å²) in [5.41, 5.74) is 10.4. The van der Waals surface area contributed by atoms with Crippen LogP contribution in [0, 0.1) is 0 Å². The van der Waals surface area contributed by atoms with Crippen LogP contribution in [-0.2, 0) is 14.2 Å². The number of aromatic nitrogens is 2. The van der Waals surface area contributed by atoms with Gasteiger partial charge in [-0.15, -0.1) is 0 Å². The molecule has 1 aromatic rings. The standard InChI is InChI=1S/C15H24N4O9/c16-7-1-2-19(15(25)18-7)13-12(24)10(22)6(27-13)4-26-14-8(17)11(23)9(21)5(3-20)28-14/h1-2,5-6,8-14,20-24H,3-4,17H2,(H2,16,18,25)/t5-,6-,8-,9-,10-,11-,12-,13-,14-/m1/s1. The number of anilines is 1. The first-order valence-electron chi connectivity index (χ1n) is 8.60. The first-order chi connectivity index (χ1) is 13.2. The Hall–Kier alpha value is -1.68. The normalized spacial score (nSPS) is 41.3. The zero-order valence-corrected chi connectivity index (χ0v) is 14.7. The van der Waals surface area contributed by atoms with Crippen molar-refractivity contribution in [2.24, 2.45) is 5.73 Å². The van der Waals surface area contributed by atoms with Gasteiger partial charge >= 0.3 is 5.69 Å². The van der Waals surface area contributed by atoms with Crippen LogP contribution >= 0.6 is 0 Å². The van der Waals surface area contributed by atoms with E-state index in [0.29, 0.717) is 0 Å². The van der Waals surface area contributed by atoms with Crippen molar-refractivity contribution in [3.63, 3.8) is 0 Å². The van der Waals surface area contributed by atoms with Crippen molar-refractivity contribution in [1.82, 2.24) is 9.55 Å². The molecule has 13 nitrogen and oxygen atoms in total. The van der Waals surface area contributed by atoms with E-state index in [9.17, 15) is 30.3 Å². The third-order valence-corrected chi connectivity index (χ3v) is 4.82. The summed E-state index contributed by atoms with van der Waals surface area (Å²) in [4.78, 5) is 15.5. The summed E-state index contributed by atoms with van der Waals surface area (Å²) in [5.74, 6) is -0.00298. The minimum absolute atomic E-state index is 0.00298. The van der Waals surface area contributed by atoms with Crippen LogP contribution in [0.15, 0.2) is 17.1 Å². The van der Waals surface area contributed by atoms with E-state index in [1.165, 1.54) is 12.3 Å². The summed E-state index contributed by atoms with van der Waals surface area (Å²) in [5, 5.41) is 49.3. The number of aliphatic hydroxyl groups is 5. The van der Waals surface area contributed by atoms with Gasteiger partial charge < -0.3 is 51.2 Å². The average molecular weight is 404 g/mol. The van der Waals surface area contributed by atoms with Crippen LogP contribution in [0.5, 0.6) is 0 Å². The van der Waals surface area contributed by atoms with Gasteiger partial charge in [-0.2, -0.15) is 4.98 Å². The predicted molar refractivity (Wildman–Crippen MR) is 90.5 cm³/mol. The second-order valence-electron chi connectivity index (χ2n) is 6.71. The molecule has 2 aliphatic rings. The van der Waals surface area contributed by atoms with Crippen LogP contribution in [-0.4, -0.2) is 97.3 Å². The van der Waals surface area contributed by atoms with E-state index in [1.54, 1.807) is 0 Å². The topological polar surface area (TPSA) is 216 Å². The quantitative estimate of drug-likeness (QED) is 0.246. The molecule has 0 amide bonds. The molecule has 3 heterocycles. The zero-order chi connectivity index (χ0) is 20.6. The van der Waals surface area contributed by atoms with Gasteiger partial charge in [0, 0.05) is 6.20 Å². The number of hydrogen-bond donors (Lipinski definition) is 7. The highest BCUT2D eigenvalue weighted by atomic mass is 16.7. The number of aliphatic hydroxyl groups excluding tert-OH is 5. The molecule has 2 saturated heterocycles. The van der Waals surface area contributed by atoms with Gasteiger partial charge in [0.15, 0.2) is 12.5 Å². The van der Waals surface area contributed by atoms with Gasteiger partial charge in [0.25, 0.3) is 0 Å². The number of nitrogen functional groups attached to an aromatic ring is 1. The second-order valence-corrected chi connectivity index (χ2v) is 6.71. The van der Waals surface area contributed by atoms with Crippen LogP contribution < -0.4 is 17.2 Å².